The second kappa shape index (κ2) is 7.62. The fraction of sp³-hybridized carbons (Fsp3) is 0.867. The minimum atomic E-state index is -0.0508. The first-order valence-corrected chi connectivity index (χ1v) is 7.78. The zero-order valence-corrected chi connectivity index (χ0v) is 12.7. The normalized spacial score (nSPS) is 26.6. The van der Waals surface area contributed by atoms with E-state index >= 15 is 0 Å². The van der Waals surface area contributed by atoms with Gasteiger partial charge in [0.1, 0.15) is 0 Å². The Bertz CT molecular complexity index is 339. The molecule has 0 atom stereocenters. The number of carbonyl (C=O) groups is 1. The van der Waals surface area contributed by atoms with Crippen molar-refractivity contribution in [3.8, 4) is 0 Å². The van der Waals surface area contributed by atoms with Crippen LogP contribution in [0.15, 0.2) is 5.16 Å². The molecule has 0 bridgehead atoms. The van der Waals surface area contributed by atoms with Crippen molar-refractivity contribution < 1.29 is 9.63 Å². The fourth-order valence-electron chi connectivity index (χ4n) is 2.81. The van der Waals surface area contributed by atoms with Gasteiger partial charge in [-0.25, -0.2) is 0 Å². The van der Waals surface area contributed by atoms with Crippen LogP contribution in [0.25, 0.3) is 0 Å². The molecule has 5 heteroatoms. The lowest BCUT2D eigenvalue weighted by Gasteiger charge is -2.39. The van der Waals surface area contributed by atoms with Gasteiger partial charge in [-0.3, -0.25) is 4.79 Å². The molecule has 0 radical (unpaired) electrons. The highest BCUT2D eigenvalue weighted by atomic mass is 16.6. The average molecular weight is 281 g/mol. The molecule has 2 fully saturated rings. The zero-order valence-electron chi connectivity index (χ0n) is 12.7. The lowest BCUT2D eigenvalue weighted by Crippen LogP contribution is -2.52. The Kier molecular flexibility index (Phi) is 5.83. The Morgan fingerprint density at radius 1 is 1.25 bits per heavy atom. The van der Waals surface area contributed by atoms with Crippen LogP contribution >= 0.6 is 0 Å². The van der Waals surface area contributed by atoms with Crippen molar-refractivity contribution >= 4 is 11.6 Å². The number of hydrogen-bond donors (Lipinski definition) is 1. The number of rotatable bonds is 5. The molecule has 20 heavy (non-hydrogen) atoms. The molecule has 114 valence electrons. The first kappa shape index (κ1) is 15.3. The van der Waals surface area contributed by atoms with E-state index in [1.807, 2.05) is 0 Å². The van der Waals surface area contributed by atoms with E-state index in [0.717, 1.165) is 31.4 Å². The molecule has 0 saturated heterocycles. The van der Waals surface area contributed by atoms with Gasteiger partial charge in [0.2, 0.25) is 0 Å². The number of amides is 1. The molecule has 1 N–H and O–H groups in total. The van der Waals surface area contributed by atoms with Gasteiger partial charge in [0.05, 0.1) is 5.71 Å². The lowest BCUT2D eigenvalue weighted by molar-refractivity contribution is -0.127. The van der Waals surface area contributed by atoms with Crippen molar-refractivity contribution in [3.63, 3.8) is 0 Å². The molecule has 1 amide bonds. The molecule has 2 aliphatic carbocycles. The largest absolute Gasteiger partial charge is 0.386 e. The van der Waals surface area contributed by atoms with Crippen LogP contribution in [0.2, 0.25) is 0 Å². The zero-order chi connectivity index (χ0) is 14.4. The number of oxime groups is 1. The third-order valence-electron chi connectivity index (χ3n) is 4.28. The molecule has 2 rings (SSSR count). The van der Waals surface area contributed by atoms with Gasteiger partial charge < -0.3 is 15.1 Å². The first-order chi connectivity index (χ1) is 9.65. The summed E-state index contributed by atoms with van der Waals surface area (Å²) in [6.07, 6.45) is 9.08. The predicted molar refractivity (Wildman–Crippen MR) is 79.7 cm³/mol. The van der Waals surface area contributed by atoms with E-state index in [-0.39, 0.29) is 12.5 Å². The van der Waals surface area contributed by atoms with E-state index in [1.54, 1.807) is 0 Å². The molecule has 2 aliphatic rings. The van der Waals surface area contributed by atoms with Gasteiger partial charge in [-0.2, -0.15) is 0 Å². The molecule has 0 heterocycles. The van der Waals surface area contributed by atoms with Crippen molar-refractivity contribution in [1.82, 2.24) is 10.2 Å². The summed E-state index contributed by atoms with van der Waals surface area (Å²) in [7, 11) is 4.16. The van der Waals surface area contributed by atoms with Crippen LogP contribution in [0.3, 0.4) is 0 Å². The van der Waals surface area contributed by atoms with E-state index in [9.17, 15) is 4.79 Å². The van der Waals surface area contributed by atoms with Crippen LogP contribution in [0.1, 0.15) is 51.4 Å². The summed E-state index contributed by atoms with van der Waals surface area (Å²) in [6, 6.07) is 0.913. The highest BCUT2D eigenvalue weighted by Gasteiger charge is 2.31. The molecule has 5 nitrogen and oxygen atoms in total. The lowest BCUT2D eigenvalue weighted by atomic mass is 9.86. The molecular weight excluding hydrogens is 254 g/mol. The fourth-order valence-corrected chi connectivity index (χ4v) is 2.81. The van der Waals surface area contributed by atoms with Crippen molar-refractivity contribution in [2.24, 2.45) is 5.16 Å². The van der Waals surface area contributed by atoms with Gasteiger partial charge >= 0.3 is 0 Å². The van der Waals surface area contributed by atoms with Gasteiger partial charge in [-0.05, 0) is 52.6 Å². The summed E-state index contributed by atoms with van der Waals surface area (Å²) in [5, 5.41) is 7.12. The topological polar surface area (TPSA) is 53.9 Å². The van der Waals surface area contributed by atoms with Crippen LogP contribution in [0.4, 0.5) is 0 Å². The Morgan fingerprint density at radius 3 is 2.50 bits per heavy atom. The van der Waals surface area contributed by atoms with Gasteiger partial charge in [0.25, 0.3) is 5.91 Å². The number of carbonyl (C=O) groups excluding carboxylic acids is 1. The molecule has 0 spiro atoms. The number of hydrogen-bond acceptors (Lipinski definition) is 4. The van der Waals surface area contributed by atoms with E-state index in [2.05, 4.69) is 29.5 Å². The van der Waals surface area contributed by atoms with Crippen LogP contribution < -0.4 is 5.32 Å². The predicted octanol–water partition coefficient (Wildman–Crippen LogP) is 1.92. The third kappa shape index (κ3) is 4.78. The molecule has 0 unspecified atom stereocenters. The molecule has 0 aromatic carbocycles. The average Bonchev–Trinajstić information content (AvgIpc) is 2.61. The third-order valence-corrected chi connectivity index (χ3v) is 4.28. The summed E-state index contributed by atoms with van der Waals surface area (Å²) >= 11 is 0. The minimum absolute atomic E-state index is 0.0482. The van der Waals surface area contributed by atoms with Gasteiger partial charge in [0.15, 0.2) is 6.61 Å². The Balaban J connectivity index is 1.59. The SMILES string of the molecule is CN(C)C1CC(NC(=O)CON=C2CCCCCC2)C1. The maximum absolute atomic E-state index is 11.7. The van der Waals surface area contributed by atoms with Crippen LogP contribution in [0.5, 0.6) is 0 Å². The first-order valence-electron chi connectivity index (χ1n) is 7.78. The van der Waals surface area contributed by atoms with E-state index in [4.69, 9.17) is 4.84 Å². The highest BCUT2D eigenvalue weighted by Crippen LogP contribution is 2.23. The monoisotopic (exact) mass is 281 g/mol. The molecule has 0 aliphatic heterocycles. The molecule has 0 aromatic rings. The summed E-state index contributed by atoms with van der Waals surface area (Å²) in [5.74, 6) is -0.0508. The van der Waals surface area contributed by atoms with Crippen LogP contribution in [-0.4, -0.2) is 49.3 Å². The second-order valence-electron chi connectivity index (χ2n) is 6.20. The van der Waals surface area contributed by atoms with Crippen molar-refractivity contribution in [2.75, 3.05) is 20.7 Å². The van der Waals surface area contributed by atoms with Crippen molar-refractivity contribution in [1.29, 1.82) is 0 Å². The molecular formula is C15H27N3O2. The minimum Gasteiger partial charge on any atom is -0.386 e. The Hall–Kier alpha value is -1.10. The van der Waals surface area contributed by atoms with E-state index < -0.39 is 0 Å². The number of nitrogens with one attached hydrogen (secondary N) is 1. The standard InChI is InChI=1S/C15H27N3O2/c1-18(2)14-9-13(10-14)16-15(19)11-20-17-12-7-5-3-4-6-8-12/h13-14H,3-11H2,1-2H3,(H,16,19). The van der Waals surface area contributed by atoms with Crippen molar-refractivity contribution in [3.05, 3.63) is 0 Å². The van der Waals surface area contributed by atoms with Gasteiger partial charge in [-0.1, -0.05) is 18.0 Å². The van der Waals surface area contributed by atoms with Gasteiger partial charge in [0, 0.05) is 12.1 Å². The number of nitrogens with zero attached hydrogens (tertiary/aromatic N) is 2. The summed E-state index contributed by atoms with van der Waals surface area (Å²) in [6.45, 7) is 0.0482. The maximum atomic E-state index is 11.7. The summed E-state index contributed by atoms with van der Waals surface area (Å²) in [4.78, 5) is 19.1. The quantitative estimate of drug-likeness (QED) is 0.619. The highest BCUT2D eigenvalue weighted by molar-refractivity contribution is 5.84. The summed E-state index contributed by atoms with van der Waals surface area (Å²) < 4.78 is 0. The van der Waals surface area contributed by atoms with Crippen molar-refractivity contribution in [2.45, 2.75) is 63.5 Å². The van der Waals surface area contributed by atoms with Crippen LogP contribution in [-0.2, 0) is 9.63 Å². The van der Waals surface area contributed by atoms with Crippen LogP contribution in [0, 0.1) is 0 Å². The summed E-state index contributed by atoms with van der Waals surface area (Å²) in [5.41, 5.74) is 1.12. The Morgan fingerprint density at radius 2 is 1.90 bits per heavy atom. The molecule has 0 aromatic heterocycles. The van der Waals surface area contributed by atoms with E-state index in [1.165, 1.54) is 25.7 Å². The molecule has 2 saturated carbocycles. The smallest absolute Gasteiger partial charge is 0.260 e. The second-order valence-corrected chi connectivity index (χ2v) is 6.20. The van der Waals surface area contributed by atoms with E-state index in [0.29, 0.717) is 12.1 Å². The maximum Gasteiger partial charge on any atom is 0.260 e. The van der Waals surface area contributed by atoms with Gasteiger partial charge in [-0.15, -0.1) is 0 Å². The Labute approximate surface area is 121 Å².